The van der Waals surface area contributed by atoms with Gasteiger partial charge >= 0.3 is 5.97 Å². The number of benzene rings is 2. The number of pyridine rings is 1. The number of hydrogen-bond acceptors (Lipinski definition) is 6. The van der Waals surface area contributed by atoms with E-state index in [2.05, 4.69) is 23.5 Å². The molecule has 0 radical (unpaired) electrons. The molecule has 0 atom stereocenters. The third-order valence-corrected chi connectivity index (χ3v) is 7.12. The standard InChI is InChI=1S/C32H33FN4O4/c1-31(2,3)30(39)37-28-21(17-34-37)16-24-26(35-28)25(19-8-10-20(11-9-19)29(38)41-7)27(32(4,5)18-40-6)36(24)23-14-12-22(33)13-15-23/h8-17H,18H2,1-7H3. The molecule has 0 fully saturated rings. The summed E-state index contributed by atoms with van der Waals surface area (Å²) in [5, 5.41) is 5.09. The molecule has 0 bridgehead atoms. The molecule has 0 saturated heterocycles. The van der Waals surface area contributed by atoms with E-state index in [4.69, 9.17) is 14.5 Å². The number of fused-ring (bicyclic) bond motifs is 2. The number of ether oxygens (including phenoxy) is 2. The Kier molecular flexibility index (Phi) is 7.03. The number of carbonyl (C=O) groups excluding carboxylic acids is 2. The van der Waals surface area contributed by atoms with Crippen molar-refractivity contribution in [1.82, 2.24) is 19.3 Å². The molecule has 8 nitrogen and oxygen atoms in total. The Balaban J connectivity index is 1.93. The third kappa shape index (κ3) is 4.91. The van der Waals surface area contributed by atoms with Gasteiger partial charge in [0, 0.05) is 40.3 Å². The van der Waals surface area contributed by atoms with E-state index in [9.17, 15) is 14.0 Å². The maximum atomic E-state index is 14.0. The molecule has 5 rings (SSSR count). The molecule has 0 amide bonds. The van der Waals surface area contributed by atoms with Gasteiger partial charge in [-0.05, 0) is 48.0 Å². The van der Waals surface area contributed by atoms with Crippen molar-refractivity contribution in [2.75, 3.05) is 20.8 Å². The van der Waals surface area contributed by atoms with E-state index in [0.717, 1.165) is 28.0 Å². The first-order chi connectivity index (χ1) is 19.4. The lowest BCUT2D eigenvalue weighted by molar-refractivity contribution is 0.0600. The van der Waals surface area contributed by atoms with Gasteiger partial charge in [0.05, 0.1) is 36.5 Å². The lowest BCUT2D eigenvalue weighted by Crippen LogP contribution is -2.27. The third-order valence-electron chi connectivity index (χ3n) is 7.12. The summed E-state index contributed by atoms with van der Waals surface area (Å²) in [7, 11) is 2.99. The van der Waals surface area contributed by atoms with E-state index in [1.807, 2.05) is 39.0 Å². The number of hydrogen-bond donors (Lipinski definition) is 0. The number of halogens is 1. The number of methoxy groups -OCH3 is 2. The molecular weight excluding hydrogens is 523 g/mol. The fourth-order valence-corrected chi connectivity index (χ4v) is 5.21. The fraction of sp³-hybridized carbons (Fsp3) is 0.312. The quantitative estimate of drug-likeness (QED) is 0.220. The summed E-state index contributed by atoms with van der Waals surface area (Å²) in [5.74, 6) is -0.958. The first kappa shape index (κ1) is 28.2. The Morgan fingerprint density at radius 2 is 1.61 bits per heavy atom. The van der Waals surface area contributed by atoms with Gasteiger partial charge < -0.3 is 14.0 Å². The van der Waals surface area contributed by atoms with E-state index >= 15 is 0 Å². The van der Waals surface area contributed by atoms with Gasteiger partial charge in [0.2, 0.25) is 0 Å². The molecule has 0 N–H and O–H groups in total. The summed E-state index contributed by atoms with van der Waals surface area (Å²) < 4.78 is 28.0. The van der Waals surface area contributed by atoms with Crippen LogP contribution in [0.4, 0.5) is 4.39 Å². The highest BCUT2D eigenvalue weighted by Gasteiger charge is 2.34. The van der Waals surface area contributed by atoms with Crippen molar-refractivity contribution in [2.24, 2.45) is 5.41 Å². The maximum absolute atomic E-state index is 14.0. The van der Waals surface area contributed by atoms with Gasteiger partial charge in [-0.3, -0.25) is 4.79 Å². The van der Waals surface area contributed by atoms with Crippen LogP contribution in [0.15, 0.2) is 60.8 Å². The van der Waals surface area contributed by atoms with Crippen LogP contribution in [0.3, 0.4) is 0 Å². The predicted molar refractivity (Wildman–Crippen MR) is 156 cm³/mol. The summed E-state index contributed by atoms with van der Waals surface area (Å²) in [5.41, 5.74) is 4.28. The molecule has 0 saturated carbocycles. The zero-order chi connectivity index (χ0) is 29.7. The zero-order valence-electron chi connectivity index (χ0n) is 24.3. The van der Waals surface area contributed by atoms with Crippen LogP contribution in [0.1, 0.15) is 55.5 Å². The average molecular weight is 557 g/mol. The van der Waals surface area contributed by atoms with Crippen LogP contribution in [-0.2, 0) is 14.9 Å². The maximum Gasteiger partial charge on any atom is 0.337 e. The summed E-state index contributed by atoms with van der Waals surface area (Å²) in [4.78, 5) is 30.5. The van der Waals surface area contributed by atoms with Crippen molar-refractivity contribution in [3.05, 3.63) is 77.9 Å². The predicted octanol–water partition coefficient (Wildman–Crippen LogP) is 6.58. The van der Waals surface area contributed by atoms with Crippen molar-refractivity contribution in [3.8, 4) is 16.8 Å². The minimum atomic E-state index is -0.673. The van der Waals surface area contributed by atoms with Crippen LogP contribution in [0.2, 0.25) is 0 Å². The molecule has 0 spiro atoms. The summed E-state index contributed by atoms with van der Waals surface area (Å²) in [6.45, 7) is 10.0. The second-order valence-electron chi connectivity index (χ2n) is 11.8. The number of esters is 1. The minimum absolute atomic E-state index is 0.179. The molecule has 212 valence electrons. The molecular formula is C32H33FN4O4. The van der Waals surface area contributed by atoms with E-state index < -0.39 is 16.8 Å². The molecule has 0 unspecified atom stereocenters. The van der Waals surface area contributed by atoms with Gasteiger partial charge in [-0.25, -0.2) is 14.2 Å². The van der Waals surface area contributed by atoms with E-state index in [1.165, 1.54) is 23.9 Å². The van der Waals surface area contributed by atoms with Crippen molar-refractivity contribution in [3.63, 3.8) is 0 Å². The van der Waals surface area contributed by atoms with E-state index in [1.54, 1.807) is 37.6 Å². The Labute approximate surface area is 237 Å². The lowest BCUT2D eigenvalue weighted by atomic mass is 9.85. The van der Waals surface area contributed by atoms with Gasteiger partial charge in [-0.15, -0.1) is 0 Å². The minimum Gasteiger partial charge on any atom is -0.465 e. The van der Waals surface area contributed by atoms with Crippen LogP contribution in [0.5, 0.6) is 0 Å². The van der Waals surface area contributed by atoms with Crippen LogP contribution in [0.25, 0.3) is 38.9 Å². The normalized spacial score (nSPS) is 12.3. The highest BCUT2D eigenvalue weighted by atomic mass is 19.1. The second-order valence-corrected chi connectivity index (χ2v) is 11.8. The summed E-state index contributed by atoms with van der Waals surface area (Å²) >= 11 is 0. The molecule has 0 aliphatic carbocycles. The Morgan fingerprint density at radius 1 is 0.951 bits per heavy atom. The zero-order valence-corrected chi connectivity index (χ0v) is 24.3. The number of rotatable bonds is 6. The van der Waals surface area contributed by atoms with Crippen molar-refractivity contribution >= 4 is 33.9 Å². The van der Waals surface area contributed by atoms with Gasteiger partial charge in [-0.1, -0.05) is 46.8 Å². The van der Waals surface area contributed by atoms with Gasteiger partial charge in [0.1, 0.15) is 5.82 Å². The van der Waals surface area contributed by atoms with Crippen molar-refractivity contribution < 1.29 is 23.5 Å². The summed E-state index contributed by atoms with van der Waals surface area (Å²) in [6, 6.07) is 15.4. The SMILES string of the molecule is COCC(C)(C)c1c(-c2ccc(C(=O)OC)cc2)c2nc3c(cnn3C(=O)C(C)(C)C)cc2n1-c1ccc(F)cc1. The topological polar surface area (TPSA) is 88.2 Å². The fourth-order valence-electron chi connectivity index (χ4n) is 5.21. The van der Waals surface area contributed by atoms with Crippen molar-refractivity contribution in [1.29, 1.82) is 0 Å². The second kappa shape index (κ2) is 10.2. The van der Waals surface area contributed by atoms with Gasteiger partial charge in [0.15, 0.2) is 5.65 Å². The van der Waals surface area contributed by atoms with Crippen LogP contribution in [-0.4, -0.2) is 52.0 Å². The number of carbonyl (C=O) groups is 2. The molecule has 9 heteroatoms. The average Bonchev–Trinajstić information content (AvgIpc) is 3.50. The van der Waals surface area contributed by atoms with E-state index in [0.29, 0.717) is 28.7 Å². The largest absolute Gasteiger partial charge is 0.465 e. The highest BCUT2D eigenvalue weighted by molar-refractivity contribution is 6.03. The Hall–Kier alpha value is -4.37. The van der Waals surface area contributed by atoms with Crippen LogP contribution >= 0.6 is 0 Å². The first-order valence-corrected chi connectivity index (χ1v) is 13.3. The van der Waals surface area contributed by atoms with Crippen molar-refractivity contribution in [2.45, 2.75) is 40.0 Å². The monoisotopic (exact) mass is 556 g/mol. The molecule has 3 heterocycles. The smallest absolute Gasteiger partial charge is 0.337 e. The molecule has 0 aliphatic rings. The van der Waals surface area contributed by atoms with E-state index in [-0.39, 0.29) is 11.7 Å². The molecule has 0 aliphatic heterocycles. The highest BCUT2D eigenvalue weighted by Crippen LogP contribution is 2.43. The number of nitrogens with zero attached hydrogens (tertiary/aromatic N) is 4. The Morgan fingerprint density at radius 3 is 2.20 bits per heavy atom. The summed E-state index contributed by atoms with van der Waals surface area (Å²) in [6.07, 6.45) is 1.64. The lowest BCUT2D eigenvalue weighted by Gasteiger charge is -2.28. The first-order valence-electron chi connectivity index (χ1n) is 13.3. The molecule has 41 heavy (non-hydrogen) atoms. The molecule has 3 aromatic heterocycles. The molecule has 2 aromatic carbocycles. The van der Waals surface area contributed by atoms with Crippen LogP contribution < -0.4 is 0 Å². The Bertz CT molecular complexity index is 1780. The molecule has 5 aromatic rings. The van der Waals surface area contributed by atoms with Gasteiger partial charge in [-0.2, -0.15) is 9.78 Å². The van der Waals surface area contributed by atoms with Gasteiger partial charge in [0.25, 0.3) is 5.91 Å². The van der Waals surface area contributed by atoms with Crippen LogP contribution in [0, 0.1) is 11.2 Å². The number of aromatic nitrogens is 4.